The summed E-state index contributed by atoms with van der Waals surface area (Å²) >= 11 is 0. The molecule has 0 amide bonds. The van der Waals surface area contributed by atoms with Crippen LogP contribution in [0.15, 0.2) is 121 Å². The smallest absolute Gasteiger partial charge is 0.311 e. The maximum absolute atomic E-state index is 12.4. The van der Waals surface area contributed by atoms with Crippen LogP contribution in [0.3, 0.4) is 0 Å². The molecule has 1 N–H and O–H groups in total. The van der Waals surface area contributed by atoms with Crippen LogP contribution in [0.1, 0.15) is 82.3 Å². The Labute approximate surface area is 303 Å². The number of hydrogen-bond donors (Lipinski definition) is 1. The molecule has 0 radical (unpaired) electrons. The van der Waals surface area contributed by atoms with Gasteiger partial charge in [-0.25, -0.2) is 0 Å². The van der Waals surface area contributed by atoms with Gasteiger partial charge in [-0.3, -0.25) is 14.4 Å². The van der Waals surface area contributed by atoms with Crippen molar-refractivity contribution in [1.29, 1.82) is 0 Å². The van der Waals surface area contributed by atoms with E-state index in [-0.39, 0.29) is 47.6 Å². The minimum atomic E-state index is -0.379. The van der Waals surface area contributed by atoms with Crippen molar-refractivity contribution >= 4 is 29.7 Å². The maximum Gasteiger partial charge on any atom is 0.311 e. The molecule has 0 fully saturated rings. The molecule has 270 valence electrons. The van der Waals surface area contributed by atoms with Gasteiger partial charge in [-0.05, 0) is 98.9 Å². The summed E-state index contributed by atoms with van der Waals surface area (Å²) in [5, 5.41) is 9.69. The minimum absolute atomic E-state index is 0.00427. The topological polar surface area (TPSA) is 99.1 Å². The molecule has 0 aliphatic rings. The van der Waals surface area contributed by atoms with Crippen LogP contribution in [0, 0.1) is 0 Å². The number of esters is 1. The van der Waals surface area contributed by atoms with Crippen molar-refractivity contribution in [3.8, 4) is 23.0 Å². The van der Waals surface area contributed by atoms with Crippen LogP contribution in [0.2, 0.25) is 0 Å². The van der Waals surface area contributed by atoms with Crippen LogP contribution in [0.4, 0.5) is 0 Å². The molecule has 0 aliphatic carbocycles. The maximum atomic E-state index is 12.4. The minimum Gasteiger partial charge on any atom is -0.504 e. The second-order valence-electron chi connectivity index (χ2n) is 11.6. The van der Waals surface area contributed by atoms with Crippen LogP contribution in [0.25, 0.3) is 12.2 Å². The number of aromatic hydroxyl groups is 1. The summed E-state index contributed by atoms with van der Waals surface area (Å²) in [5.74, 6) is -0.196. The third-order valence-corrected chi connectivity index (χ3v) is 7.36. The molecule has 7 nitrogen and oxygen atoms in total. The highest BCUT2D eigenvalue weighted by Crippen LogP contribution is 2.29. The van der Waals surface area contributed by atoms with Crippen molar-refractivity contribution in [2.24, 2.45) is 0 Å². The van der Waals surface area contributed by atoms with Gasteiger partial charge in [0.1, 0.15) is 0 Å². The summed E-state index contributed by atoms with van der Waals surface area (Å²) < 4.78 is 15.9. The largest absolute Gasteiger partial charge is 0.504 e. The van der Waals surface area contributed by atoms with Crippen LogP contribution < -0.4 is 14.2 Å². The zero-order valence-electron chi connectivity index (χ0n) is 30.2. The normalized spacial score (nSPS) is 12.1. The van der Waals surface area contributed by atoms with Crippen molar-refractivity contribution in [1.82, 2.24) is 0 Å². The predicted molar refractivity (Wildman–Crippen MR) is 208 cm³/mol. The van der Waals surface area contributed by atoms with Crippen molar-refractivity contribution < 1.29 is 33.7 Å². The lowest BCUT2D eigenvalue weighted by atomic mass is 10.1. The van der Waals surface area contributed by atoms with Gasteiger partial charge in [-0.1, -0.05) is 104 Å². The molecule has 0 aliphatic heterocycles. The van der Waals surface area contributed by atoms with Gasteiger partial charge in [0.15, 0.2) is 34.6 Å². The van der Waals surface area contributed by atoms with Crippen LogP contribution >= 0.6 is 0 Å². The second-order valence-corrected chi connectivity index (χ2v) is 11.6. The Bertz CT molecular complexity index is 1630. The summed E-state index contributed by atoms with van der Waals surface area (Å²) in [4.78, 5) is 37.0. The molecule has 0 bridgehead atoms. The van der Waals surface area contributed by atoms with Crippen LogP contribution in [0.5, 0.6) is 23.0 Å². The highest BCUT2D eigenvalue weighted by Gasteiger charge is 2.11. The van der Waals surface area contributed by atoms with Crippen molar-refractivity contribution in [2.75, 3.05) is 14.2 Å². The molecule has 0 heterocycles. The van der Waals surface area contributed by atoms with Gasteiger partial charge in [0.25, 0.3) is 0 Å². The highest BCUT2D eigenvalue weighted by atomic mass is 16.6. The fourth-order valence-corrected chi connectivity index (χ4v) is 4.57. The van der Waals surface area contributed by atoms with E-state index in [0.29, 0.717) is 23.3 Å². The van der Waals surface area contributed by atoms with E-state index in [4.69, 9.17) is 14.2 Å². The Morgan fingerprint density at radius 3 is 1.80 bits per heavy atom. The van der Waals surface area contributed by atoms with E-state index in [0.717, 1.165) is 44.9 Å². The number of methoxy groups -OCH3 is 2. The number of ketones is 2. The fraction of sp³-hybridized carbons (Fsp3) is 0.295. The summed E-state index contributed by atoms with van der Waals surface area (Å²) in [6.45, 7) is 6.31. The molecular formula is C44H52O7. The first-order valence-electron chi connectivity index (χ1n) is 17.3. The number of phenols is 1. The molecule has 0 aromatic heterocycles. The van der Waals surface area contributed by atoms with Gasteiger partial charge in [-0.15, -0.1) is 0 Å². The quantitative estimate of drug-likeness (QED) is 0.0384. The molecule has 0 unspecified atom stereocenters. The number of ether oxygens (including phenoxy) is 3. The van der Waals surface area contributed by atoms with Gasteiger partial charge < -0.3 is 19.3 Å². The van der Waals surface area contributed by atoms with Crippen molar-refractivity contribution in [3.05, 3.63) is 133 Å². The number of phenolic OH excluding ortho intramolecular Hbond substituents is 1. The highest BCUT2D eigenvalue weighted by molar-refractivity contribution is 6.10. The first-order valence-corrected chi connectivity index (χ1v) is 17.3. The first kappa shape index (κ1) is 41.7. The molecule has 51 heavy (non-hydrogen) atoms. The Hall–Kier alpha value is -5.43. The van der Waals surface area contributed by atoms with E-state index in [1.165, 1.54) is 38.0 Å². The number of rotatable bonds is 24. The fourth-order valence-electron chi connectivity index (χ4n) is 4.57. The molecule has 2 rings (SSSR count). The van der Waals surface area contributed by atoms with E-state index in [1.807, 2.05) is 12.2 Å². The van der Waals surface area contributed by atoms with Gasteiger partial charge in [0.05, 0.1) is 20.6 Å². The monoisotopic (exact) mass is 692 g/mol. The summed E-state index contributed by atoms with van der Waals surface area (Å²) in [6.07, 6.45) is 34.3. The molecule has 0 atom stereocenters. The average molecular weight is 693 g/mol. The molecule has 7 heteroatoms. The molecular weight excluding hydrogens is 640 g/mol. The van der Waals surface area contributed by atoms with Crippen LogP contribution in [-0.2, 0) is 14.4 Å². The SMILES string of the molecule is C=C(C/C=C\C/C=C\C/C=C\CCC(=O)Oc1ccc(/C=C/C(=O)CC(=O)/C=C/c2ccc(O)c(OC)c2)cc1OC)CC/C=C\C/C=C\CC. The molecule has 2 aromatic rings. The van der Waals surface area contributed by atoms with Gasteiger partial charge in [0.2, 0.25) is 0 Å². The molecule has 2 aromatic carbocycles. The summed E-state index contributed by atoms with van der Waals surface area (Å²) in [5.41, 5.74) is 2.54. The van der Waals surface area contributed by atoms with Crippen LogP contribution in [-0.4, -0.2) is 36.9 Å². The number of allylic oxidation sites excluding steroid dienone is 13. The number of carbonyl (C=O) groups is 3. The lowest BCUT2D eigenvalue weighted by molar-refractivity contribution is -0.134. The standard InChI is InChI=1S/C44H52O7/c1-5-6-7-8-12-15-18-21-35(2)22-19-16-13-10-9-11-14-17-20-23-44(48)51-41-31-27-37(33-43(41)50-4)25-29-39(46)34-38(45)28-24-36-26-30-40(47)42(32-36)49-3/h6-7,9-10,12,14-17,19,24-33,47H,2,5,8,11,13,18,20-23,34H2,1,3-4H3/b7-6-,10-9-,15-12-,17-14-,19-16-,28-24+,29-25+. The zero-order chi connectivity index (χ0) is 37.1. The number of carbonyl (C=O) groups excluding carboxylic acids is 3. The van der Waals surface area contributed by atoms with Gasteiger partial charge >= 0.3 is 5.97 Å². The number of hydrogen-bond acceptors (Lipinski definition) is 7. The van der Waals surface area contributed by atoms with E-state index in [1.54, 1.807) is 42.5 Å². The van der Waals surface area contributed by atoms with Gasteiger partial charge in [0, 0.05) is 6.42 Å². The first-order chi connectivity index (χ1) is 24.7. The Morgan fingerprint density at radius 2 is 1.20 bits per heavy atom. The Morgan fingerprint density at radius 1 is 0.667 bits per heavy atom. The Balaban J connectivity index is 1.67. The third-order valence-electron chi connectivity index (χ3n) is 7.36. The van der Waals surface area contributed by atoms with E-state index in [2.05, 4.69) is 62.1 Å². The molecule has 0 saturated heterocycles. The zero-order valence-corrected chi connectivity index (χ0v) is 30.2. The van der Waals surface area contributed by atoms with E-state index in [9.17, 15) is 19.5 Å². The van der Waals surface area contributed by atoms with E-state index < -0.39 is 0 Å². The summed E-state index contributed by atoms with van der Waals surface area (Å²) in [7, 11) is 2.90. The molecule has 0 spiro atoms. The average Bonchev–Trinajstić information content (AvgIpc) is 3.12. The third kappa shape index (κ3) is 18.8. The number of benzene rings is 2. The lowest BCUT2D eigenvalue weighted by Crippen LogP contribution is -2.08. The Kier molecular flexibility index (Phi) is 20.9. The van der Waals surface area contributed by atoms with Crippen molar-refractivity contribution in [3.63, 3.8) is 0 Å². The molecule has 0 saturated carbocycles. The summed E-state index contributed by atoms with van der Waals surface area (Å²) in [6, 6.07) is 9.63. The predicted octanol–water partition coefficient (Wildman–Crippen LogP) is 10.4. The van der Waals surface area contributed by atoms with Crippen molar-refractivity contribution in [2.45, 2.75) is 71.1 Å². The van der Waals surface area contributed by atoms with Gasteiger partial charge in [-0.2, -0.15) is 0 Å². The lowest BCUT2D eigenvalue weighted by Gasteiger charge is -2.09. The van der Waals surface area contributed by atoms with E-state index >= 15 is 0 Å². The second kappa shape index (κ2) is 25.5.